The normalized spacial score (nSPS) is 52.3. The van der Waals surface area contributed by atoms with Gasteiger partial charge >= 0.3 is 5.97 Å². The first-order valence-electron chi connectivity index (χ1n) is 9.99. The maximum atomic E-state index is 10.5. The van der Waals surface area contributed by atoms with Crippen molar-refractivity contribution in [1.82, 2.24) is 0 Å². The lowest BCUT2D eigenvalue weighted by Gasteiger charge is -2.85. The van der Waals surface area contributed by atoms with E-state index in [1.54, 1.807) is 19.3 Å². The minimum absolute atomic E-state index is 0.361. The Labute approximate surface area is 134 Å². The van der Waals surface area contributed by atoms with E-state index in [9.17, 15) is 4.79 Å². The summed E-state index contributed by atoms with van der Waals surface area (Å²) >= 11 is 0. The molecule has 0 aliphatic heterocycles. The number of hydrogen-bond acceptors (Lipinski definition) is 1. The van der Waals surface area contributed by atoms with E-state index in [1.807, 2.05) is 0 Å². The summed E-state index contributed by atoms with van der Waals surface area (Å²) < 4.78 is 0. The van der Waals surface area contributed by atoms with Gasteiger partial charge in [-0.1, -0.05) is 32.1 Å². The molecule has 22 heavy (non-hydrogen) atoms. The average Bonchev–Trinajstić information content (AvgIpc) is 2.44. The Morgan fingerprint density at radius 1 is 0.773 bits per heavy atom. The molecular formula is C20H30O2. The van der Waals surface area contributed by atoms with E-state index in [2.05, 4.69) is 0 Å². The quantitative estimate of drug-likeness (QED) is 0.526. The monoisotopic (exact) mass is 302 g/mol. The van der Waals surface area contributed by atoms with Gasteiger partial charge in [0, 0.05) is 6.42 Å². The van der Waals surface area contributed by atoms with Crippen LogP contribution in [0.25, 0.3) is 0 Å². The van der Waals surface area contributed by atoms with Crippen LogP contribution in [0.4, 0.5) is 0 Å². The molecule has 5 aliphatic rings. The second-order valence-corrected chi connectivity index (χ2v) is 9.15. The van der Waals surface area contributed by atoms with Gasteiger partial charge < -0.3 is 5.11 Å². The SMILES string of the molecule is O=C(O)CCCCCCC[C@H]1C[C@@H]2[C@H]3[C@@H]4[C@H]5CC[C@H]5[C@@H]4[C@H]3[C@H]12. The summed E-state index contributed by atoms with van der Waals surface area (Å²) in [5, 5.41) is 8.62. The zero-order valence-corrected chi connectivity index (χ0v) is 13.6. The molecule has 0 aromatic rings. The highest BCUT2D eigenvalue weighted by molar-refractivity contribution is 5.66. The number of unbranched alkanes of at least 4 members (excludes halogenated alkanes) is 4. The zero-order chi connectivity index (χ0) is 14.8. The second kappa shape index (κ2) is 4.98. The standard InChI is InChI=1S/C20H30O2/c21-15(22)7-5-3-1-2-4-6-11-10-14-16(11)20-18-13-9-8-12(13)17(18)19(14)20/h11-14,16-20H,1-10H2,(H,21,22)/t11-,12-,13+,14-,16+,17+,18-,19-,20+/m0/s1. The fourth-order valence-corrected chi connectivity index (χ4v) is 7.68. The number of hydrogen-bond donors (Lipinski definition) is 1. The van der Waals surface area contributed by atoms with E-state index in [0.717, 1.165) is 18.8 Å². The van der Waals surface area contributed by atoms with Gasteiger partial charge in [-0.05, 0) is 78.9 Å². The Bertz CT molecular complexity index is 466. The summed E-state index contributed by atoms with van der Waals surface area (Å²) in [6.45, 7) is 0. The fourth-order valence-electron chi connectivity index (χ4n) is 7.68. The third-order valence-corrected chi connectivity index (χ3v) is 8.67. The number of rotatable bonds is 8. The van der Waals surface area contributed by atoms with Gasteiger partial charge in [0.25, 0.3) is 0 Å². The van der Waals surface area contributed by atoms with E-state index in [1.165, 1.54) is 73.0 Å². The summed E-state index contributed by atoms with van der Waals surface area (Å²) in [5.74, 6) is 10.0. The number of fused-ring (bicyclic) bond motifs is 10. The van der Waals surface area contributed by atoms with E-state index in [-0.39, 0.29) is 0 Å². The molecule has 0 heterocycles. The summed E-state index contributed by atoms with van der Waals surface area (Å²) in [6, 6.07) is 0. The fraction of sp³-hybridized carbons (Fsp3) is 0.950. The molecule has 5 saturated carbocycles. The van der Waals surface area contributed by atoms with E-state index < -0.39 is 5.97 Å². The van der Waals surface area contributed by atoms with Gasteiger partial charge in [0.1, 0.15) is 0 Å². The number of carbonyl (C=O) groups is 1. The third kappa shape index (κ3) is 1.70. The molecule has 5 rings (SSSR count). The molecule has 122 valence electrons. The van der Waals surface area contributed by atoms with Gasteiger partial charge in [-0.25, -0.2) is 0 Å². The average molecular weight is 302 g/mol. The van der Waals surface area contributed by atoms with Crippen LogP contribution in [0.1, 0.15) is 64.2 Å². The molecule has 0 aromatic carbocycles. The first-order valence-corrected chi connectivity index (χ1v) is 9.99. The molecule has 0 amide bonds. The molecule has 0 radical (unpaired) electrons. The van der Waals surface area contributed by atoms with Crippen LogP contribution >= 0.6 is 0 Å². The molecule has 9 atom stereocenters. The van der Waals surface area contributed by atoms with Gasteiger partial charge in [-0.15, -0.1) is 0 Å². The minimum Gasteiger partial charge on any atom is -0.481 e. The molecule has 2 heteroatoms. The first kappa shape index (κ1) is 13.9. The van der Waals surface area contributed by atoms with Crippen molar-refractivity contribution < 1.29 is 9.90 Å². The van der Waals surface area contributed by atoms with Crippen molar-refractivity contribution in [3.8, 4) is 0 Å². The lowest BCUT2D eigenvalue weighted by atomic mass is 9.20. The Morgan fingerprint density at radius 3 is 2.14 bits per heavy atom. The lowest BCUT2D eigenvalue weighted by molar-refractivity contribution is -0.375. The second-order valence-electron chi connectivity index (χ2n) is 9.15. The number of carboxylic acid groups (broad SMARTS) is 1. The number of carboxylic acids is 1. The Kier molecular flexibility index (Phi) is 3.14. The van der Waals surface area contributed by atoms with Crippen LogP contribution < -0.4 is 0 Å². The van der Waals surface area contributed by atoms with Crippen molar-refractivity contribution in [2.75, 3.05) is 0 Å². The van der Waals surface area contributed by atoms with Crippen molar-refractivity contribution in [2.24, 2.45) is 53.3 Å². The van der Waals surface area contributed by atoms with Crippen molar-refractivity contribution in [1.29, 1.82) is 0 Å². The van der Waals surface area contributed by atoms with Gasteiger partial charge in [0.2, 0.25) is 0 Å². The summed E-state index contributed by atoms with van der Waals surface area (Å²) in [4.78, 5) is 10.5. The topological polar surface area (TPSA) is 37.3 Å². The Balaban J connectivity index is 0.995. The van der Waals surface area contributed by atoms with Gasteiger partial charge in [0.15, 0.2) is 0 Å². The minimum atomic E-state index is -0.636. The van der Waals surface area contributed by atoms with E-state index in [4.69, 9.17) is 5.11 Å². The maximum Gasteiger partial charge on any atom is 0.303 e. The molecule has 0 unspecified atom stereocenters. The molecule has 5 fully saturated rings. The lowest BCUT2D eigenvalue weighted by Crippen LogP contribution is -2.80. The van der Waals surface area contributed by atoms with Crippen molar-refractivity contribution in [3.05, 3.63) is 0 Å². The van der Waals surface area contributed by atoms with Crippen LogP contribution in [0.15, 0.2) is 0 Å². The van der Waals surface area contributed by atoms with Crippen molar-refractivity contribution in [3.63, 3.8) is 0 Å². The highest BCUT2D eigenvalue weighted by atomic mass is 16.4. The Morgan fingerprint density at radius 2 is 1.41 bits per heavy atom. The third-order valence-electron chi connectivity index (χ3n) is 8.67. The van der Waals surface area contributed by atoms with Crippen LogP contribution in [-0.2, 0) is 4.79 Å². The molecule has 0 spiro atoms. The molecule has 2 nitrogen and oxygen atoms in total. The molecule has 5 aliphatic carbocycles. The van der Waals surface area contributed by atoms with Crippen LogP contribution in [-0.4, -0.2) is 11.1 Å². The van der Waals surface area contributed by atoms with E-state index in [0.29, 0.717) is 6.42 Å². The molecule has 0 bridgehead atoms. The summed E-state index contributed by atoms with van der Waals surface area (Å²) in [5.41, 5.74) is 0. The van der Waals surface area contributed by atoms with Gasteiger partial charge in [0.05, 0.1) is 0 Å². The largest absolute Gasteiger partial charge is 0.481 e. The molecule has 0 aromatic heterocycles. The van der Waals surface area contributed by atoms with Gasteiger partial charge in [-0.3, -0.25) is 4.79 Å². The zero-order valence-electron chi connectivity index (χ0n) is 13.6. The summed E-state index contributed by atoms with van der Waals surface area (Å²) in [7, 11) is 0. The Hall–Kier alpha value is -0.530. The van der Waals surface area contributed by atoms with Gasteiger partial charge in [-0.2, -0.15) is 0 Å². The maximum absolute atomic E-state index is 10.5. The van der Waals surface area contributed by atoms with Crippen LogP contribution in [0, 0.1) is 53.3 Å². The van der Waals surface area contributed by atoms with Crippen LogP contribution in [0.3, 0.4) is 0 Å². The molecular weight excluding hydrogens is 272 g/mol. The smallest absolute Gasteiger partial charge is 0.303 e. The molecule has 1 N–H and O–H groups in total. The highest BCUT2D eigenvalue weighted by Gasteiger charge is 2.79. The molecule has 0 saturated heterocycles. The van der Waals surface area contributed by atoms with E-state index >= 15 is 0 Å². The van der Waals surface area contributed by atoms with Crippen LogP contribution in [0.2, 0.25) is 0 Å². The van der Waals surface area contributed by atoms with Crippen LogP contribution in [0.5, 0.6) is 0 Å². The summed E-state index contributed by atoms with van der Waals surface area (Å²) in [6.07, 6.45) is 12.5. The predicted octanol–water partition coefficient (Wildman–Crippen LogP) is 4.59. The number of aliphatic carboxylic acids is 1. The highest BCUT2D eigenvalue weighted by Crippen LogP contribution is 2.84. The predicted molar refractivity (Wildman–Crippen MR) is 85.2 cm³/mol. The van der Waals surface area contributed by atoms with Crippen molar-refractivity contribution >= 4 is 5.97 Å². The first-order chi connectivity index (χ1) is 10.8. The van der Waals surface area contributed by atoms with Crippen molar-refractivity contribution in [2.45, 2.75) is 64.2 Å².